The number of carbonyl (C=O) groups excluding carboxylic acids is 1. The molecule has 1 atom stereocenters. The van der Waals surface area contributed by atoms with E-state index in [-0.39, 0.29) is 11.3 Å². The molecule has 4 heterocycles. The standard InChI is InChI=1S/C17H20FN5O2/c1-12-14(9-21-25-12)15(24)22-6-4-17(10-22)3-2-5-23(11-17)16-19-7-13(18)8-20-16/h7-9H,2-6,10-11H2,1H3. The second kappa shape index (κ2) is 6.09. The van der Waals surface area contributed by atoms with Crippen LogP contribution in [0.1, 0.15) is 35.4 Å². The molecule has 0 N–H and O–H groups in total. The van der Waals surface area contributed by atoms with Crippen LogP contribution in [-0.2, 0) is 0 Å². The summed E-state index contributed by atoms with van der Waals surface area (Å²) < 4.78 is 18.1. The van der Waals surface area contributed by atoms with Gasteiger partial charge in [-0.3, -0.25) is 4.79 Å². The third-order valence-electron chi connectivity index (χ3n) is 5.26. The van der Waals surface area contributed by atoms with Gasteiger partial charge in [0.25, 0.3) is 5.91 Å². The zero-order valence-electron chi connectivity index (χ0n) is 14.1. The van der Waals surface area contributed by atoms with Gasteiger partial charge in [-0.1, -0.05) is 5.16 Å². The lowest BCUT2D eigenvalue weighted by Gasteiger charge is -2.40. The minimum Gasteiger partial charge on any atom is -0.361 e. The largest absolute Gasteiger partial charge is 0.361 e. The number of aryl methyl sites for hydroxylation is 1. The maximum absolute atomic E-state index is 13.1. The minimum atomic E-state index is -0.433. The van der Waals surface area contributed by atoms with E-state index in [0.717, 1.165) is 38.9 Å². The van der Waals surface area contributed by atoms with Gasteiger partial charge in [0.15, 0.2) is 5.82 Å². The molecule has 4 rings (SSSR count). The van der Waals surface area contributed by atoms with Crippen molar-refractivity contribution < 1.29 is 13.7 Å². The number of rotatable bonds is 2. The number of amides is 1. The summed E-state index contributed by atoms with van der Waals surface area (Å²) in [5, 5.41) is 3.70. The van der Waals surface area contributed by atoms with Crippen molar-refractivity contribution in [2.75, 3.05) is 31.1 Å². The van der Waals surface area contributed by atoms with Crippen molar-refractivity contribution >= 4 is 11.9 Å². The van der Waals surface area contributed by atoms with Gasteiger partial charge in [-0.25, -0.2) is 14.4 Å². The van der Waals surface area contributed by atoms with Crippen LogP contribution < -0.4 is 4.90 Å². The summed E-state index contributed by atoms with van der Waals surface area (Å²) in [6.45, 7) is 4.81. The number of carbonyl (C=O) groups is 1. The molecule has 132 valence electrons. The van der Waals surface area contributed by atoms with Crippen LogP contribution in [0.25, 0.3) is 0 Å². The Bertz CT molecular complexity index is 778. The summed E-state index contributed by atoms with van der Waals surface area (Å²) in [4.78, 5) is 24.9. The first kappa shape index (κ1) is 16.0. The molecule has 2 aliphatic rings. The molecule has 0 aliphatic carbocycles. The van der Waals surface area contributed by atoms with Gasteiger partial charge in [0.05, 0.1) is 18.6 Å². The maximum Gasteiger partial charge on any atom is 0.259 e. The lowest BCUT2D eigenvalue weighted by Crippen LogP contribution is -2.46. The van der Waals surface area contributed by atoms with Crippen LogP contribution in [0.4, 0.5) is 10.3 Å². The fraction of sp³-hybridized carbons (Fsp3) is 0.529. The second-order valence-electron chi connectivity index (χ2n) is 7.00. The van der Waals surface area contributed by atoms with Crippen LogP contribution in [0.3, 0.4) is 0 Å². The number of hydrogen-bond acceptors (Lipinski definition) is 6. The quantitative estimate of drug-likeness (QED) is 0.829. The van der Waals surface area contributed by atoms with E-state index >= 15 is 0 Å². The summed E-state index contributed by atoms with van der Waals surface area (Å²) in [7, 11) is 0. The fourth-order valence-electron chi connectivity index (χ4n) is 3.96. The average Bonchev–Trinajstić information content (AvgIpc) is 3.22. The molecule has 2 saturated heterocycles. The van der Waals surface area contributed by atoms with Gasteiger partial charge in [0.1, 0.15) is 11.3 Å². The molecule has 0 bridgehead atoms. The topological polar surface area (TPSA) is 75.4 Å². The molecule has 8 heteroatoms. The zero-order chi connectivity index (χ0) is 17.4. The van der Waals surface area contributed by atoms with E-state index in [2.05, 4.69) is 20.0 Å². The smallest absolute Gasteiger partial charge is 0.259 e. The number of piperidine rings is 1. The number of likely N-dealkylation sites (tertiary alicyclic amines) is 1. The van der Waals surface area contributed by atoms with Crippen molar-refractivity contribution in [1.29, 1.82) is 0 Å². The Morgan fingerprint density at radius 2 is 2.00 bits per heavy atom. The molecule has 1 amide bonds. The molecule has 1 unspecified atom stereocenters. The van der Waals surface area contributed by atoms with Crippen LogP contribution in [-0.4, -0.2) is 52.1 Å². The SMILES string of the molecule is Cc1oncc1C(=O)N1CCC2(CCCN(c3ncc(F)cn3)C2)C1. The third-order valence-corrected chi connectivity index (χ3v) is 5.26. The van der Waals surface area contributed by atoms with Crippen LogP contribution >= 0.6 is 0 Å². The Labute approximate surface area is 144 Å². The Hall–Kier alpha value is -2.51. The first-order chi connectivity index (χ1) is 12.1. The monoisotopic (exact) mass is 345 g/mol. The van der Waals surface area contributed by atoms with Gasteiger partial charge in [0, 0.05) is 31.6 Å². The summed E-state index contributed by atoms with van der Waals surface area (Å²) in [5.74, 6) is 0.652. The molecule has 25 heavy (non-hydrogen) atoms. The van der Waals surface area contributed by atoms with Gasteiger partial charge >= 0.3 is 0 Å². The summed E-state index contributed by atoms with van der Waals surface area (Å²) in [6.07, 6.45) is 6.90. The van der Waals surface area contributed by atoms with Crippen molar-refractivity contribution in [3.05, 3.63) is 35.7 Å². The van der Waals surface area contributed by atoms with E-state index in [1.54, 1.807) is 6.92 Å². The van der Waals surface area contributed by atoms with E-state index in [0.29, 0.717) is 23.8 Å². The van der Waals surface area contributed by atoms with Crippen molar-refractivity contribution in [1.82, 2.24) is 20.0 Å². The van der Waals surface area contributed by atoms with E-state index in [1.165, 1.54) is 18.6 Å². The summed E-state index contributed by atoms with van der Waals surface area (Å²) >= 11 is 0. The van der Waals surface area contributed by atoms with Crippen molar-refractivity contribution in [3.63, 3.8) is 0 Å². The van der Waals surface area contributed by atoms with Crippen LogP contribution in [0.5, 0.6) is 0 Å². The Morgan fingerprint density at radius 1 is 1.20 bits per heavy atom. The van der Waals surface area contributed by atoms with Gasteiger partial charge in [-0.15, -0.1) is 0 Å². The predicted molar refractivity (Wildman–Crippen MR) is 87.6 cm³/mol. The van der Waals surface area contributed by atoms with E-state index in [9.17, 15) is 9.18 Å². The molecule has 7 nitrogen and oxygen atoms in total. The number of nitrogens with zero attached hydrogens (tertiary/aromatic N) is 5. The molecule has 1 spiro atoms. The molecule has 2 aromatic heterocycles. The average molecular weight is 345 g/mol. The highest BCUT2D eigenvalue weighted by atomic mass is 19.1. The highest BCUT2D eigenvalue weighted by Gasteiger charge is 2.43. The van der Waals surface area contributed by atoms with Crippen LogP contribution in [0.2, 0.25) is 0 Å². The van der Waals surface area contributed by atoms with E-state index in [4.69, 9.17) is 4.52 Å². The number of anilines is 1. The Balaban J connectivity index is 1.48. The Kier molecular flexibility index (Phi) is 3.89. The maximum atomic E-state index is 13.1. The second-order valence-corrected chi connectivity index (χ2v) is 7.00. The minimum absolute atomic E-state index is 0.0224. The molecular formula is C17H20FN5O2. The zero-order valence-corrected chi connectivity index (χ0v) is 14.1. The van der Waals surface area contributed by atoms with Crippen LogP contribution in [0, 0.1) is 18.2 Å². The fourth-order valence-corrected chi connectivity index (χ4v) is 3.96. The number of aromatic nitrogens is 3. The lowest BCUT2D eigenvalue weighted by atomic mass is 9.79. The molecule has 2 aromatic rings. The van der Waals surface area contributed by atoms with Gasteiger partial charge < -0.3 is 14.3 Å². The highest BCUT2D eigenvalue weighted by Crippen LogP contribution is 2.40. The normalized spacial score (nSPS) is 23.4. The van der Waals surface area contributed by atoms with Gasteiger partial charge in [-0.05, 0) is 26.2 Å². The van der Waals surface area contributed by atoms with Gasteiger partial charge in [-0.2, -0.15) is 0 Å². The van der Waals surface area contributed by atoms with E-state index < -0.39 is 5.82 Å². The molecule has 0 radical (unpaired) electrons. The molecule has 2 aliphatic heterocycles. The lowest BCUT2D eigenvalue weighted by molar-refractivity contribution is 0.0765. The molecular weight excluding hydrogens is 325 g/mol. The van der Waals surface area contributed by atoms with Gasteiger partial charge in [0.2, 0.25) is 5.95 Å². The summed E-state index contributed by atoms with van der Waals surface area (Å²) in [5.41, 5.74) is 0.572. The number of halogens is 1. The van der Waals surface area contributed by atoms with Crippen molar-refractivity contribution in [3.8, 4) is 0 Å². The van der Waals surface area contributed by atoms with Crippen molar-refractivity contribution in [2.24, 2.45) is 5.41 Å². The molecule has 0 saturated carbocycles. The predicted octanol–water partition coefficient (Wildman–Crippen LogP) is 2.04. The first-order valence-electron chi connectivity index (χ1n) is 8.49. The third kappa shape index (κ3) is 2.96. The van der Waals surface area contributed by atoms with E-state index in [1.807, 2.05) is 4.90 Å². The molecule has 2 fully saturated rings. The summed E-state index contributed by atoms with van der Waals surface area (Å²) in [6, 6.07) is 0. The molecule has 0 aromatic carbocycles. The van der Waals surface area contributed by atoms with Crippen molar-refractivity contribution in [2.45, 2.75) is 26.2 Å². The first-order valence-corrected chi connectivity index (χ1v) is 8.49. The Morgan fingerprint density at radius 3 is 2.72 bits per heavy atom. The number of hydrogen-bond donors (Lipinski definition) is 0. The van der Waals surface area contributed by atoms with Crippen LogP contribution in [0.15, 0.2) is 23.1 Å². The highest BCUT2D eigenvalue weighted by molar-refractivity contribution is 5.95.